The Bertz CT molecular complexity index is 759. The van der Waals surface area contributed by atoms with Crippen LogP contribution in [0, 0.1) is 0 Å². The van der Waals surface area contributed by atoms with Crippen molar-refractivity contribution in [1.29, 1.82) is 0 Å². The van der Waals surface area contributed by atoms with E-state index in [2.05, 4.69) is 38.3 Å². The Balaban J connectivity index is 1.70. The molecular formula is C15H18BrN5. The van der Waals surface area contributed by atoms with Gasteiger partial charge in [0, 0.05) is 37.6 Å². The monoisotopic (exact) mass is 347 g/mol. The van der Waals surface area contributed by atoms with Gasteiger partial charge in [0.2, 0.25) is 0 Å². The molecule has 21 heavy (non-hydrogen) atoms. The molecule has 0 aromatic carbocycles. The number of nitrogens with one attached hydrogen (secondary N) is 1. The quantitative estimate of drug-likeness (QED) is 0.771. The number of pyridine rings is 1. The molecule has 0 aliphatic rings. The van der Waals surface area contributed by atoms with E-state index in [1.807, 2.05) is 46.7 Å². The summed E-state index contributed by atoms with van der Waals surface area (Å²) in [5.74, 6) is 0. The molecule has 3 rings (SSSR count). The second-order valence-corrected chi connectivity index (χ2v) is 5.73. The van der Waals surface area contributed by atoms with Crippen molar-refractivity contribution in [3.63, 3.8) is 0 Å². The maximum atomic E-state index is 4.62. The SMILES string of the molecule is CCc1c(CNCc2nc3ccccn3c2Br)cnn1C. The zero-order valence-electron chi connectivity index (χ0n) is 12.2. The molecule has 6 heteroatoms. The molecule has 0 unspecified atom stereocenters. The van der Waals surface area contributed by atoms with Crippen LogP contribution in [0.15, 0.2) is 35.2 Å². The van der Waals surface area contributed by atoms with Crippen molar-refractivity contribution in [2.24, 2.45) is 7.05 Å². The summed E-state index contributed by atoms with van der Waals surface area (Å²) in [6.07, 6.45) is 4.93. The Hall–Kier alpha value is -1.66. The van der Waals surface area contributed by atoms with Gasteiger partial charge in [-0.3, -0.25) is 9.08 Å². The predicted molar refractivity (Wildman–Crippen MR) is 86.0 cm³/mol. The lowest BCUT2D eigenvalue weighted by atomic mass is 10.2. The van der Waals surface area contributed by atoms with Gasteiger partial charge in [-0.05, 0) is 34.5 Å². The summed E-state index contributed by atoms with van der Waals surface area (Å²) < 4.78 is 4.99. The first-order chi connectivity index (χ1) is 10.2. The summed E-state index contributed by atoms with van der Waals surface area (Å²) in [4.78, 5) is 4.62. The first-order valence-corrected chi connectivity index (χ1v) is 7.82. The lowest BCUT2D eigenvalue weighted by Crippen LogP contribution is -2.14. The molecule has 0 saturated heterocycles. The van der Waals surface area contributed by atoms with Crippen LogP contribution in [0.3, 0.4) is 0 Å². The molecule has 5 nitrogen and oxygen atoms in total. The highest BCUT2D eigenvalue weighted by Gasteiger charge is 2.10. The van der Waals surface area contributed by atoms with Crippen molar-refractivity contribution in [3.8, 4) is 0 Å². The highest BCUT2D eigenvalue weighted by molar-refractivity contribution is 9.10. The normalized spacial score (nSPS) is 11.4. The highest BCUT2D eigenvalue weighted by Crippen LogP contribution is 2.18. The molecule has 0 fully saturated rings. The summed E-state index contributed by atoms with van der Waals surface area (Å²) in [7, 11) is 1.99. The van der Waals surface area contributed by atoms with Crippen LogP contribution in [0.4, 0.5) is 0 Å². The third-order valence-electron chi connectivity index (χ3n) is 3.63. The molecule has 1 N–H and O–H groups in total. The van der Waals surface area contributed by atoms with E-state index in [4.69, 9.17) is 0 Å². The molecule has 0 saturated carbocycles. The molecule has 0 bridgehead atoms. The third kappa shape index (κ3) is 2.73. The van der Waals surface area contributed by atoms with Crippen LogP contribution < -0.4 is 5.32 Å². The van der Waals surface area contributed by atoms with Crippen LogP contribution in [0.5, 0.6) is 0 Å². The number of fused-ring (bicyclic) bond motifs is 1. The fraction of sp³-hybridized carbons (Fsp3) is 0.333. The first kappa shape index (κ1) is 14.3. The second-order valence-electron chi connectivity index (χ2n) is 4.98. The highest BCUT2D eigenvalue weighted by atomic mass is 79.9. The zero-order chi connectivity index (χ0) is 14.8. The molecule has 3 heterocycles. The van der Waals surface area contributed by atoms with Crippen molar-refractivity contribution < 1.29 is 0 Å². The van der Waals surface area contributed by atoms with Gasteiger partial charge in [-0.1, -0.05) is 13.0 Å². The van der Waals surface area contributed by atoms with Gasteiger partial charge < -0.3 is 5.32 Å². The molecule has 0 radical (unpaired) electrons. The summed E-state index contributed by atoms with van der Waals surface area (Å²) in [5.41, 5.74) is 4.50. The predicted octanol–water partition coefficient (Wildman–Crippen LogP) is 2.68. The molecule has 0 aliphatic heterocycles. The molecule has 0 spiro atoms. The summed E-state index contributed by atoms with van der Waals surface area (Å²) in [6.45, 7) is 3.68. The van der Waals surface area contributed by atoms with Gasteiger partial charge in [0.1, 0.15) is 10.3 Å². The van der Waals surface area contributed by atoms with Crippen LogP contribution in [0.1, 0.15) is 23.9 Å². The van der Waals surface area contributed by atoms with Gasteiger partial charge in [-0.2, -0.15) is 5.10 Å². The zero-order valence-corrected chi connectivity index (χ0v) is 13.8. The van der Waals surface area contributed by atoms with Gasteiger partial charge in [0.05, 0.1) is 11.9 Å². The Labute approximate surface area is 132 Å². The standard InChI is InChI=1S/C15H18BrN5/c1-3-13-11(9-18-20(13)2)8-17-10-12-15(16)21-7-5-4-6-14(21)19-12/h4-7,9,17H,3,8,10H2,1-2H3. The van der Waals surface area contributed by atoms with E-state index in [0.717, 1.165) is 35.5 Å². The minimum Gasteiger partial charge on any atom is -0.307 e. The smallest absolute Gasteiger partial charge is 0.137 e. The van der Waals surface area contributed by atoms with E-state index in [0.29, 0.717) is 0 Å². The largest absolute Gasteiger partial charge is 0.307 e. The Morgan fingerprint density at radius 2 is 2.14 bits per heavy atom. The third-order valence-corrected chi connectivity index (χ3v) is 4.47. The fourth-order valence-corrected chi connectivity index (χ4v) is 3.08. The number of hydrogen-bond donors (Lipinski definition) is 1. The molecule has 3 aromatic heterocycles. The number of imidazole rings is 1. The lowest BCUT2D eigenvalue weighted by molar-refractivity contribution is 0.666. The summed E-state index contributed by atoms with van der Waals surface area (Å²) >= 11 is 3.61. The summed E-state index contributed by atoms with van der Waals surface area (Å²) in [5, 5.41) is 7.76. The Kier molecular flexibility index (Phi) is 4.07. The number of nitrogens with zero attached hydrogens (tertiary/aromatic N) is 4. The second kappa shape index (κ2) is 5.99. The van der Waals surface area contributed by atoms with Crippen LogP contribution in [-0.2, 0) is 26.6 Å². The van der Waals surface area contributed by atoms with E-state index >= 15 is 0 Å². The van der Waals surface area contributed by atoms with Crippen molar-refractivity contribution in [1.82, 2.24) is 24.5 Å². The maximum Gasteiger partial charge on any atom is 0.137 e. The first-order valence-electron chi connectivity index (χ1n) is 7.02. The van der Waals surface area contributed by atoms with Gasteiger partial charge >= 0.3 is 0 Å². The van der Waals surface area contributed by atoms with Gasteiger partial charge in [0.25, 0.3) is 0 Å². The van der Waals surface area contributed by atoms with Crippen LogP contribution in [0.25, 0.3) is 5.65 Å². The van der Waals surface area contributed by atoms with Crippen molar-refractivity contribution in [3.05, 3.63) is 52.1 Å². The lowest BCUT2D eigenvalue weighted by Gasteiger charge is -2.05. The summed E-state index contributed by atoms with van der Waals surface area (Å²) in [6, 6.07) is 6.00. The molecule has 3 aromatic rings. The van der Waals surface area contributed by atoms with Gasteiger partial charge in [-0.25, -0.2) is 4.98 Å². The Morgan fingerprint density at radius 1 is 1.29 bits per heavy atom. The van der Waals surface area contributed by atoms with Gasteiger partial charge in [0.15, 0.2) is 0 Å². The van der Waals surface area contributed by atoms with E-state index in [1.54, 1.807) is 0 Å². The molecule has 0 atom stereocenters. The van der Waals surface area contributed by atoms with Gasteiger partial charge in [-0.15, -0.1) is 0 Å². The molecular weight excluding hydrogens is 330 g/mol. The van der Waals surface area contributed by atoms with E-state index in [-0.39, 0.29) is 0 Å². The molecule has 0 amide bonds. The maximum absolute atomic E-state index is 4.62. The van der Waals surface area contributed by atoms with Crippen LogP contribution >= 0.6 is 15.9 Å². The van der Waals surface area contributed by atoms with E-state index < -0.39 is 0 Å². The number of halogens is 1. The fourth-order valence-electron chi connectivity index (χ4n) is 2.55. The molecule has 0 aliphatic carbocycles. The minimum atomic E-state index is 0.723. The minimum absolute atomic E-state index is 0.723. The number of aryl methyl sites for hydroxylation is 1. The number of aromatic nitrogens is 4. The average Bonchev–Trinajstić information content (AvgIpc) is 3.01. The topological polar surface area (TPSA) is 47.1 Å². The number of hydrogen-bond acceptors (Lipinski definition) is 3. The number of rotatable bonds is 5. The van der Waals surface area contributed by atoms with E-state index in [1.165, 1.54) is 11.3 Å². The van der Waals surface area contributed by atoms with E-state index in [9.17, 15) is 0 Å². The van der Waals surface area contributed by atoms with Crippen LogP contribution in [0.2, 0.25) is 0 Å². The van der Waals surface area contributed by atoms with Crippen molar-refractivity contribution in [2.75, 3.05) is 0 Å². The van der Waals surface area contributed by atoms with Crippen molar-refractivity contribution >= 4 is 21.6 Å². The Morgan fingerprint density at radius 3 is 2.90 bits per heavy atom. The average molecular weight is 348 g/mol. The van der Waals surface area contributed by atoms with Crippen molar-refractivity contribution in [2.45, 2.75) is 26.4 Å². The molecule has 110 valence electrons. The van der Waals surface area contributed by atoms with Crippen LogP contribution in [-0.4, -0.2) is 19.2 Å².